The summed E-state index contributed by atoms with van der Waals surface area (Å²) in [7, 11) is -10.2. The molecule has 1 amide bonds. The summed E-state index contributed by atoms with van der Waals surface area (Å²) in [6, 6.07) is -1.08. The summed E-state index contributed by atoms with van der Waals surface area (Å²) in [4.78, 5) is 12.9. The molecule has 0 aromatic carbocycles. The summed E-state index contributed by atoms with van der Waals surface area (Å²) in [6.45, 7) is 2.79. The lowest BCUT2D eigenvalue weighted by atomic mass is 9.99. The lowest BCUT2D eigenvalue weighted by Gasteiger charge is -2.41. The normalized spacial score (nSPS) is 22.9. The van der Waals surface area contributed by atoms with Gasteiger partial charge in [0, 0.05) is 6.42 Å². The van der Waals surface area contributed by atoms with Gasteiger partial charge in [0.05, 0.1) is 25.4 Å². The molecule has 0 aromatic rings. The van der Waals surface area contributed by atoms with Crippen molar-refractivity contribution in [2.75, 3.05) is 13.2 Å². The Labute approximate surface area is 299 Å². The number of rotatable bonds is 30. The maximum Gasteiger partial charge on any atom is 0.397 e. The van der Waals surface area contributed by atoms with Crippen LogP contribution in [-0.2, 0) is 43.4 Å². The molecule has 296 valence electrons. The Bertz CT molecular complexity index is 1140. The average molecular weight is 762 g/mol. The number of allylic oxidation sites excluding steroid dienone is 1. The number of aliphatic hydroxyl groups is 3. The van der Waals surface area contributed by atoms with Crippen LogP contribution >= 0.6 is 0 Å². The van der Waals surface area contributed by atoms with E-state index in [1.807, 2.05) is 0 Å². The molecule has 6 N–H and O–H groups in total. The van der Waals surface area contributed by atoms with Crippen molar-refractivity contribution in [3.63, 3.8) is 0 Å². The number of nitrogens with one attached hydrogen (secondary N) is 1. The van der Waals surface area contributed by atoms with E-state index >= 15 is 0 Å². The molecule has 0 radical (unpaired) electrons. The van der Waals surface area contributed by atoms with Gasteiger partial charge in [0.15, 0.2) is 12.4 Å². The topological polar surface area (TPSA) is 235 Å². The third kappa shape index (κ3) is 22.6. The van der Waals surface area contributed by atoms with Crippen LogP contribution in [-0.4, -0.2) is 103 Å². The molecule has 1 rings (SSSR count). The van der Waals surface area contributed by atoms with Crippen LogP contribution in [0.1, 0.15) is 136 Å². The van der Waals surface area contributed by atoms with Crippen molar-refractivity contribution in [2.24, 2.45) is 0 Å². The smallest absolute Gasteiger partial charge is 0.387 e. The van der Waals surface area contributed by atoms with E-state index < -0.39 is 76.9 Å². The van der Waals surface area contributed by atoms with Crippen molar-refractivity contribution in [3.8, 4) is 0 Å². The van der Waals surface area contributed by atoms with Gasteiger partial charge in [-0.15, -0.1) is 0 Å². The summed E-state index contributed by atoms with van der Waals surface area (Å²) in [6.07, 6.45) is 12.3. The lowest BCUT2D eigenvalue weighted by molar-refractivity contribution is -0.296. The van der Waals surface area contributed by atoms with Crippen LogP contribution < -0.4 is 5.32 Å². The number of carbonyl (C=O) groups excluding carboxylic acids is 1. The lowest BCUT2D eigenvalue weighted by Crippen LogP contribution is -2.61. The van der Waals surface area contributed by atoms with E-state index in [2.05, 4.69) is 27.5 Å². The zero-order valence-corrected chi connectivity index (χ0v) is 31.4. The summed E-state index contributed by atoms with van der Waals surface area (Å²) in [5.74, 6) is -0.359. The molecule has 0 aliphatic carbocycles. The highest BCUT2D eigenvalue weighted by atomic mass is 32.3. The van der Waals surface area contributed by atoms with E-state index in [0.717, 1.165) is 51.4 Å². The van der Waals surface area contributed by atoms with Gasteiger partial charge in [-0.3, -0.25) is 13.9 Å². The van der Waals surface area contributed by atoms with Crippen molar-refractivity contribution in [1.82, 2.24) is 5.32 Å². The Morgan fingerprint density at radius 2 is 1.30 bits per heavy atom. The quantitative estimate of drug-likeness (QED) is 0.0340. The minimum atomic E-state index is -5.22. The van der Waals surface area contributed by atoms with Gasteiger partial charge < -0.3 is 30.1 Å². The van der Waals surface area contributed by atoms with E-state index in [9.17, 15) is 41.5 Å². The van der Waals surface area contributed by atoms with Gasteiger partial charge in [0.1, 0.15) is 18.3 Å². The van der Waals surface area contributed by atoms with Gasteiger partial charge in [-0.25, -0.2) is 8.37 Å². The van der Waals surface area contributed by atoms with E-state index in [-0.39, 0.29) is 12.3 Å². The molecular formula is C33H63NO14S2. The van der Waals surface area contributed by atoms with Crippen LogP contribution in [0.15, 0.2) is 12.2 Å². The second-order valence-corrected chi connectivity index (χ2v) is 15.1. The van der Waals surface area contributed by atoms with Gasteiger partial charge in [0.2, 0.25) is 5.91 Å². The molecule has 17 heteroatoms. The number of hydrogen-bond acceptors (Lipinski definition) is 12. The highest BCUT2D eigenvalue weighted by Gasteiger charge is 2.48. The number of hydrogen-bond donors (Lipinski definition) is 6. The number of ether oxygens (including phenoxy) is 2. The number of aliphatic hydroxyl groups excluding tert-OH is 3. The van der Waals surface area contributed by atoms with E-state index in [1.54, 1.807) is 6.08 Å². The molecular weight excluding hydrogens is 698 g/mol. The Morgan fingerprint density at radius 1 is 0.780 bits per heavy atom. The molecule has 1 aliphatic heterocycles. The maximum absolute atomic E-state index is 12.9. The second kappa shape index (κ2) is 26.5. The first kappa shape index (κ1) is 46.8. The van der Waals surface area contributed by atoms with E-state index in [0.29, 0.717) is 12.8 Å². The molecule has 15 nitrogen and oxygen atoms in total. The number of unbranched alkanes of at least 4 members (excludes halogenated alkanes) is 16. The number of carbonyl (C=O) groups is 1. The van der Waals surface area contributed by atoms with Crippen molar-refractivity contribution < 1.29 is 63.9 Å². The average Bonchev–Trinajstić information content (AvgIpc) is 3.04. The first-order valence-electron chi connectivity index (χ1n) is 18.2. The predicted molar refractivity (Wildman–Crippen MR) is 187 cm³/mol. The molecule has 0 unspecified atom stereocenters. The van der Waals surface area contributed by atoms with Crippen LogP contribution in [0, 0.1) is 0 Å². The minimum absolute atomic E-state index is 0.191. The molecule has 1 fully saturated rings. The van der Waals surface area contributed by atoms with E-state index in [4.69, 9.17) is 14.0 Å². The summed E-state index contributed by atoms with van der Waals surface area (Å²) < 4.78 is 83.0. The highest BCUT2D eigenvalue weighted by Crippen LogP contribution is 2.26. The van der Waals surface area contributed by atoms with Crippen molar-refractivity contribution in [2.45, 2.75) is 179 Å². The highest BCUT2D eigenvalue weighted by molar-refractivity contribution is 7.81. The van der Waals surface area contributed by atoms with Gasteiger partial charge in [-0.2, -0.15) is 16.8 Å². The van der Waals surface area contributed by atoms with Crippen molar-refractivity contribution in [1.29, 1.82) is 0 Å². The van der Waals surface area contributed by atoms with Gasteiger partial charge in [-0.05, 0) is 19.3 Å². The molecule has 1 heterocycles. The largest absolute Gasteiger partial charge is 0.397 e. The summed E-state index contributed by atoms with van der Waals surface area (Å²) in [5.41, 5.74) is 0. The molecule has 50 heavy (non-hydrogen) atoms. The minimum Gasteiger partial charge on any atom is -0.387 e. The second-order valence-electron chi connectivity index (χ2n) is 13.0. The van der Waals surface area contributed by atoms with E-state index in [1.165, 1.54) is 57.4 Å². The van der Waals surface area contributed by atoms with Gasteiger partial charge >= 0.3 is 20.8 Å². The molecule has 0 bridgehead atoms. The molecule has 0 aromatic heterocycles. The number of amides is 1. The van der Waals surface area contributed by atoms with Crippen molar-refractivity contribution in [3.05, 3.63) is 12.2 Å². The monoisotopic (exact) mass is 761 g/mol. The van der Waals surface area contributed by atoms with Crippen LogP contribution in [0.5, 0.6) is 0 Å². The fraction of sp³-hybridized carbons (Fsp3) is 0.909. The Balaban J connectivity index is 2.79. The van der Waals surface area contributed by atoms with Crippen LogP contribution in [0.4, 0.5) is 0 Å². The molecule has 0 saturated carbocycles. The maximum atomic E-state index is 12.9. The molecule has 7 atom stereocenters. The fourth-order valence-corrected chi connectivity index (χ4v) is 6.43. The third-order valence-corrected chi connectivity index (χ3v) is 9.42. The van der Waals surface area contributed by atoms with Crippen LogP contribution in [0.25, 0.3) is 0 Å². The third-order valence-electron chi connectivity index (χ3n) is 8.52. The zero-order chi connectivity index (χ0) is 37.4. The molecule has 1 saturated heterocycles. The Hall–Kier alpha value is -1.25. The van der Waals surface area contributed by atoms with Gasteiger partial charge in [0.25, 0.3) is 0 Å². The first-order valence-corrected chi connectivity index (χ1v) is 21.0. The standard InChI is InChI=1S/C33H63NO14S2/c1-3-5-7-9-11-12-13-14-15-16-17-19-21-23-29(36)34-26(27(35)22-20-18-10-8-6-4-2)24-45-33-32(48-50(42,43)44)31(38)30(37)28(47-33)25-46-49(39,40)41/h20,22,26-28,30-33,35,37-38H,3-19,21,23-25H2,1-2H3,(H,34,36)(H,39,40,41)(H,42,43,44)/b22-20+/t26-,27+,28+,30-,31-,32+,33+/m0/s1. The molecule has 0 spiro atoms. The van der Waals surface area contributed by atoms with Gasteiger partial charge in [-0.1, -0.05) is 122 Å². The van der Waals surface area contributed by atoms with Crippen LogP contribution in [0.2, 0.25) is 0 Å². The predicted octanol–water partition coefficient (Wildman–Crippen LogP) is 4.31. The SMILES string of the molecule is CCCCCC/C=C/[C@@H](O)[C@H](CO[C@@H]1O[C@H](COS(=O)(=O)O)[C@H](O)[C@H](O)[C@H]1OS(=O)(=O)O)NC(=O)CCCCCCCCCCCCCCC. The summed E-state index contributed by atoms with van der Waals surface area (Å²) >= 11 is 0. The Kier molecular flexibility index (Phi) is 24.8. The zero-order valence-electron chi connectivity index (χ0n) is 29.8. The Morgan fingerprint density at radius 3 is 1.82 bits per heavy atom. The van der Waals surface area contributed by atoms with Crippen LogP contribution in [0.3, 0.4) is 0 Å². The summed E-state index contributed by atoms with van der Waals surface area (Å²) in [5, 5.41) is 34.6. The first-order chi connectivity index (χ1) is 23.7. The fourth-order valence-electron chi connectivity index (χ4n) is 5.64. The van der Waals surface area contributed by atoms with Crippen molar-refractivity contribution >= 4 is 26.7 Å². The molecule has 1 aliphatic rings.